The van der Waals surface area contributed by atoms with Gasteiger partial charge in [0.15, 0.2) is 5.17 Å². The fourth-order valence-electron chi connectivity index (χ4n) is 3.01. The Kier molecular flexibility index (Phi) is 5.36. The number of nitrogens with zero attached hydrogens (tertiary/aromatic N) is 2. The molecule has 1 amide bonds. The number of para-hydroxylation sites is 1. The van der Waals surface area contributed by atoms with E-state index in [4.69, 9.17) is 0 Å². The Bertz CT molecular complexity index is 922. The number of anilines is 1. The van der Waals surface area contributed by atoms with Crippen molar-refractivity contribution in [2.24, 2.45) is 14.8 Å². The molecule has 0 saturated carbocycles. The van der Waals surface area contributed by atoms with Gasteiger partial charge in [-0.15, -0.1) is 4.40 Å². The van der Waals surface area contributed by atoms with Gasteiger partial charge >= 0.3 is 0 Å². The molecule has 2 atom stereocenters. The SMILES string of the molecule is C[C@@H]1N=C(NC(=O)CC(C)(C)CC2=NS(=O)(=O)c3ccccc3N2)S[C@H]1C. The predicted octanol–water partition coefficient (Wildman–Crippen LogP) is 3.00. The van der Waals surface area contributed by atoms with Crippen LogP contribution in [0.15, 0.2) is 38.6 Å². The van der Waals surface area contributed by atoms with E-state index in [-0.39, 0.29) is 23.3 Å². The molecule has 0 spiro atoms. The number of amidine groups is 2. The van der Waals surface area contributed by atoms with E-state index < -0.39 is 15.4 Å². The lowest BCUT2D eigenvalue weighted by molar-refractivity contribution is -0.121. The summed E-state index contributed by atoms with van der Waals surface area (Å²) in [7, 11) is -3.72. The Morgan fingerprint density at radius 1 is 1.30 bits per heavy atom. The van der Waals surface area contributed by atoms with E-state index in [0.29, 0.717) is 28.4 Å². The van der Waals surface area contributed by atoms with E-state index in [9.17, 15) is 13.2 Å². The molecule has 0 radical (unpaired) electrons. The Hall–Kier alpha value is -1.87. The molecule has 0 bridgehead atoms. The Balaban J connectivity index is 1.66. The van der Waals surface area contributed by atoms with Gasteiger partial charge in [0, 0.05) is 18.1 Å². The van der Waals surface area contributed by atoms with E-state index >= 15 is 0 Å². The van der Waals surface area contributed by atoms with Crippen LogP contribution in [0, 0.1) is 5.41 Å². The third-order valence-corrected chi connectivity index (χ3v) is 7.07. The average molecular weight is 409 g/mol. The summed E-state index contributed by atoms with van der Waals surface area (Å²) in [6.45, 7) is 7.93. The highest BCUT2D eigenvalue weighted by Crippen LogP contribution is 2.32. The van der Waals surface area contributed by atoms with Crippen LogP contribution in [0.2, 0.25) is 0 Å². The van der Waals surface area contributed by atoms with E-state index in [1.54, 1.807) is 30.0 Å². The molecule has 9 heteroatoms. The number of hydrogen-bond donors (Lipinski definition) is 2. The zero-order valence-corrected chi connectivity index (χ0v) is 17.4. The topological polar surface area (TPSA) is 100.0 Å². The predicted molar refractivity (Wildman–Crippen MR) is 110 cm³/mol. The van der Waals surface area contributed by atoms with Gasteiger partial charge in [0.25, 0.3) is 10.0 Å². The maximum Gasteiger partial charge on any atom is 0.286 e. The highest BCUT2D eigenvalue weighted by molar-refractivity contribution is 8.14. The largest absolute Gasteiger partial charge is 0.342 e. The zero-order valence-electron chi connectivity index (χ0n) is 15.8. The Morgan fingerprint density at radius 2 is 2.00 bits per heavy atom. The number of rotatable bonds is 4. The number of hydrogen-bond acceptors (Lipinski definition) is 6. The molecule has 0 aromatic heterocycles. The summed E-state index contributed by atoms with van der Waals surface area (Å²) >= 11 is 1.56. The Labute approximate surface area is 164 Å². The number of aliphatic imine (C=N–C) groups is 1. The summed E-state index contributed by atoms with van der Waals surface area (Å²) in [5.41, 5.74) is 0.0427. The van der Waals surface area contributed by atoms with Gasteiger partial charge in [-0.1, -0.05) is 44.7 Å². The summed E-state index contributed by atoms with van der Waals surface area (Å²) in [4.78, 5) is 17.0. The number of sulfonamides is 1. The second kappa shape index (κ2) is 7.27. The standard InChI is InChI=1S/C18H24N4O3S2/c1-11-12(2)26-17(19-11)21-16(23)10-18(3,4)9-15-20-13-7-5-6-8-14(13)27(24,25)22-15/h5-8,11-12H,9-10H2,1-4H3,(H,20,22)(H,19,21,23)/t11-,12-/m0/s1. The second-order valence-electron chi connectivity index (χ2n) is 7.70. The molecule has 3 rings (SSSR count). The quantitative estimate of drug-likeness (QED) is 0.798. The molecular formula is C18H24N4O3S2. The van der Waals surface area contributed by atoms with Crippen LogP contribution in [0.1, 0.15) is 40.5 Å². The van der Waals surface area contributed by atoms with Crippen LogP contribution < -0.4 is 10.6 Å². The zero-order chi connectivity index (χ0) is 19.8. The van der Waals surface area contributed by atoms with Crippen molar-refractivity contribution < 1.29 is 13.2 Å². The minimum atomic E-state index is -3.72. The van der Waals surface area contributed by atoms with Crippen molar-refractivity contribution >= 4 is 44.4 Å². The van der Waals surface area contributed by atoms with Crippen molar-refractivity contribution in [1.29, 1.82) is 0 Å². The number of carbonyl (C=O) groups excluding carboxylic acids is 1. The van der Waals surface area contributed by atoms with Gasteiger partial charge in [-0.3, -0.25) is 9.79 Å². The van der Waals surface area contributed by atoms with Gasteiger partial charge in [0.1, 0.15) is 10.7 Å². The van der Waals surface area contributed by atoms with E-state index in [1.807, 2.05) is 20.8 Å². The third-order valence-electron chi connectivity index (χ3n) is 4.50. The van der Waals surface area contributed by atoms with Crippen molar-refractivity contribution in [3.8, 4) is 0 Å². The fraction of sp³-hybridized carbons (Fsp3) is 0.500. The normalized spacial score (nSPS) is 23.7. The maximum atomic E-state index is 12.4. The molecule has 0 fully saturated rings. The highest BCUT2D eigenvalue weighted by atomic mass is 32.2. The van der Waals surface area contributed by atoms with Crippen LogP contribution >= 0.6 is 11.8 Å². The molecule has 0 unspecified atom stereocenters. The molecule has 1 aromatic rings. The number of thioether (sulfide) groups is 1. The van der Waals surface area contributed by atoms with E-state index in [2.05, 4.69) is 26.9 Å². The number of carbonyl (C=O) groups is 1. The van der Waals surface area contributed by atoms with Crippen LogP contribution in [-0.2, 0) is 14.8 Å². The van der Waals surface area contributed by atoms with Crippen molar-refractivity contribution in [1.82, 2.24) is 5.32 Å². The first kappa shape index (κ1) is 19.9. The van der Waals surface area contributed by atoms with Crippen molar-refractivity contribution in [3.63, 3.8) is 0 Å². The molecule has 27 heavy (non-hydrogen) atoms. The molecular weight excluding hydrogens is 384 g/mol. The summed E-state index contributed by atoms with van der Waals surface area (Å²) in [6.07, 6.45) is 0.568. The maximum absolute atomic E-state index is 12.4. The van der Waals surface area contributed by atoms with Gasteiger partial charge in [0.2, 0.25) is 5.91 Å². The summed E-state index contributed by atoms with van der Waals surface area (Å²) in [6, 6.07) is 6.85. The number of fused-ring (bicyclic) bond motifs is 1. The molecule has 7 nitrogen and oxygen atoms in total. The van der Waals surface area contributed by atoms with Crippen LogP contribution in [0.25, 0.3) is 0 Å². The van der Waals surface area contributed by atoms with E-state index in [1.165, 1.54) is 6.07 Å². The minimum absolute atomic E-state index is 0.132. The van der Waals surface area contributed by atoms with Crippen LogP contribution in [-0.4, -0.2) is 36.6 Å². The van der Waals surface area contributed by atoms with Crippen LogP contribution in [0.3, 0.4) is 0 Å². The lowest BCUT2D eigenvalue weighted by Gasteiger charge is -2.27. The van der Waals surface area contributed by atoms with Crippen molar-refractivity contribution in [3.05, 3.63) is 24.3 Å². The summed E-state index contributed by atoms with van der Waals surface area (Å²) < 4.78 is 28.6. The minimum Gasteiger partial charge on any atom is -0.342 e. The van der Waals surface area contributed by atoms with Crippen LogP contribution in [0.5, 0.6) is 0 Å². The molecule has 2 heterocycles. The average Bonchev–Trinajstić information content (AvgIpc) is 2.83. The lowest BCUT2D eigenvalue weighted by Crippen LogP contribution is -2.34. The summed E-state index contributed by atoms with van der Waals surface area (Å²) in [5.74, 6) is 0.216. The lowest BCUT2D eigenvalue weighted by atomic mass is 9.84. The molecule has 2 N–H and O–H groups in total. The monoisotopic (exact) mass is 408 g/mol. The molecule has 2 aliphatic rings. The first-order valence-electron chi connectivity index (χ1n) is 8.80. The molecule has 1 aromatic carbocycles. The fourth-order valence-corrected chi connectivity index (χ4v) is 5.17. The number of nitrogens with one attached hydrogen (secondary N) is 2. The van der Waals surface area contributed by atoms with Gasteiger partial charge in [-0.25, -0.2) is 0 Å². The Morgan fingerprint density at radius 3 is 2.67 bits per heavy atom. The molecule has 2 aliphatic heterocycles. The van der Waals surface area contributed by atoms with E-state index in [0.717, 1.165) is 0 Å². The van der Waals surface area contributed by atoms with Gasteiger partial charge < -0.3 is 10.6 Å². The van der Waals surface area contributed by atoms with Gasteiger partial charge in [0.05, 0.1) is 11.7 Å². The third kappa shape index (κ3) is 4.70. The molecule has 0 aliphatic carbocycles. The van der Waals surface area contributed by atoms with Crippen LogP contribution in [0.4, 0.5) is 5.69 Å². The van der Waals surface area contributed by atoms with Crippen molar-refractivity contribution in [2.75, 3.05) is 5.32 Å². The smallest absolute Gasteiger partial charge is 0.286 e. The number of benzene rings is 1. The highest BCUT2D eigenvalue weighted by Gasteiger charge is 2.31. The van der Waals surface area contributed by atoms with Crippen molar-refractivity contribution in [2.45, 2.75) is 56.7 Å². The number of amides is 1. The summed E-state index contributed by atoms with van der Waals surface area (Å²) in [5, 5.41) is 6.94. The van der Waals surface area contributed by atoms with Gasteiger partial charge in [-0.2, -0.15) is 8.42 Å². The first-order valence-corrected chi connectivity index (χ1v) is 11.1. The molecule has 146 valence electrons. The van der Waals surface area contributed by atoms with Gasteiger partial charge in [-0.05, 0) is 24.5 Å². The molecule has 0 saturated heterocycles. The second-order valence-corrected chi connectivity index (χ2v) is 10.6. The first-order chi connectivity index (χ1) is 12.6.